The molecule has 3 nitrogen and oxygen atoms in total. The number of aliphatic hydroxyl groups is 1. The molecule has 1 fully saturated rings. The van der Waals surface area contributed by atoms with Gasteiger partial charge in [-0.25, -0.2) is 0 Å². The molecule has 0 amide bonds. The molecular formula is C21H23NO2S. The summed E-state index contributed by atoms with van der Waals surface area (Å²) in [4.78, 5) is 3.79. The van der Waals surface area contributed by atoms with Gasteiger partial charge in [-0.15, -0.1) is 11.3 Å². The monoisotopic (exact) mass is 353 g/mol. The normalized spacial score (nSPS) is 19.3. The average molecular weight is 353 g/mol. The Morgan fingerprint density at radius 3 is 2.84 bits per heavy atom. The predicted octanol–water partition coefficient (Wildman–Crippen LogP) is 4.48. The molecule has 0 radical (unpaired) electrons. The third-order valence-corrected chi connectivity index (χ3v) is 5.82. The Balaban J connectivity index is 1.34. The summed E-state index contributed by atoms with van der Waals surface area (Å²) < 4.78 is 5.84. The van der Waals surface area contributed by atoms with Crippen LogP contribution in [0, 0.1) is 0 Å². The van der Waals surface area contributed by atoms with Crippen molar-refractivity contribution in [3.63, 3.8) is 0 Å². The first-order chi connectivity index (χ1) is 12.3. The molecule has 2 atom stereocenters. The molecule has 0 spiro atoms. The second-order valence-corrected chi connectivity index (χ2v) is 7.62. The summed E-state index contributed by atoms with van der Waals surface area (Å²) in [6, 6.07) is 19.1. The zero-order chi connectivity index (χ0) is 17.1. The molecule has 3 aromatic rings. The Bertz CT molecular complexity index is 818. The van der Waals surface area contributed by atoms with Crippen LogP contribution in [0.25, 0.3) is 10.8 Å². The summed E-state index contributed by atoms with van der Waals surface area (Å²) in [7, 11) is 0. The highest BCUT2D eigenvalue weighted by Crippen LogP contribution is 2.34. The van der Waals surface area contributed by atoms with Gasteiger partial charge in [-0.2, -0.15) is 0 Å². The SMILES string of the molecule is OC(COc1ccc2ccccc2c1)CN1CCCC1c1cccs1. The van der Waals surface area contributed by atoms with E-state index in [1.54, 1.807) is 0 Å². The van der Waals surface area contributed by atoms with Gasteiger partial charge in [0.05, 0.1) is 0 Å². The zero-order valence-electron chi connectivity index (χ0n) is 14.2. The number of nitrogens with zero attached hydrogens (tertiary/aromatic N) is 1. The first-order valence-electron chi connectivity index (χ1n) is 8.87. The number of β-amino-alcohol motifs (C(OH)–C–C–N with tert-alkyl or cyclic N) is 1. The van der Waals surface area contributed by atoms with Crippen molar-refractivity contribution < 1.29 is 9.84 Å². The van der Waals surface area contributed by atoms with Crippen molar-refractivity contribution in [1.82, 2.24) is 4.90 Å². The van der Waals surface area contributed by atoms with Crippen LogP contribution in [-0.4, -0.2) is 35.8 Å². The molecule has 0 saturated carbocycles. The fourth-order valence-electron chi connectivity index (χ4n) is 3.62. The maximum absolute atomic E-state index is 10.4. The highest BCUT2D eigenvalue weighted by molar-refractivity contribution is 7.10. The smallest absolute Gasteiger partial charge is 0.120 e. The van der Waals surface area contributed by atoms with Crippen LogP contribution in [0.3, 0.4) is 0 Å². The molecular weight excluding hydrogens is 330 g/mol. The molecule has 4 heteroatoms. The van der Waals surface area contributed by atoms with Gasteiger partial charge in [0.2, 0.25) is 0 Å². The zero-order valence-corrected chi connectivity index (χ0v) is 15.0. The summed E-state index contributed by atoms with van der Waals surface area (Å²) in [5.74, 6) is 0.814. The van der Waals surface area contributed by atoms with Crippen molar-refractivity contribution in [3.8, 4) is 5.75 Å². The van der Waals surface area contributed by atoms with Gasteiger partial charge in [-0.1, -0.05) is 36.4 Å². The van der Waals surface area contributed by atoms with E-state index in [2.05, 4.69) is 40.6 Å². The highest BCUT2D eigenvalue weighted by atomic mass is 32.1. The van der Waals surface area contributed by atoms with Gasteiger partial charge in [0.25, 0.3) is 0 Å². The lowest BCUT2D eigenvalue weighted by Crippen LogP contribution is -2.35. The van der Waals surface area contributed by atoms with Gasteiger partial charge >= 0.3 is 0 Å². The second-order valence-electron chi connectivity index (χ2n) is 6.64. The Labute approximate surface area is 152 Å². The first kappa shape index (κ1) is 16.6. The Morgan fingerprint density at radius 2 is 2.00 bits per heavy atom. The van der Waals surface area contributed by atoms with E-state index in [4.69, 9.17) is 4.74 Å². The van der Waals surface area contributed by atoms with E-state index in [1.807, 2.05) is 35.6 Å². The van der Waals surface area contributed by atoms with Gasteiger partial charge in [0.1, 0.15) is 18.5 Å². The van der Waals surface area contributed by atoms with Gasteiger partial charge in [-0.3, -0.25) is 4.90 Å². The van der Waals surface area contributed by atoms with Crippen molar-refractivity contribution in [1.29, 1.82) is 0 Å². The molecule has 1 N–H and O–H groups in total. The predicted molar refractivity (Wildman–Crippen MR) is 103 cm³/mol. The molecule has 2 unspecified atom stereocenters. The standard InChI is InChI=1S/C21H23NO2S/c23-18(14-22-11-3-7-20(22)21-8-4-12-25-21)15-24-19-10-9-16-5-1-2-6-17(16)13-19/h1-2,4-6,8-10,12-13,18,20,23H,3,7,11,14-15H2. The van der Waals surface area contributed by atoms with Crippen LogP contribution < -0.4 is 4.74 Å². The van der Waals surface area contributed by atoms with Crippen molar-refractivity contribution in [2.24, 2.45) is 0 Å². The van der Waals surface area contributed by atoms with Gasteiger partial charge in [0, 0.05) is 17.5 Å². The minimum Gasteiger partial charge on any atom is -0.491 e. The van der Waals surface area contributed by atoms with Gasteiger partial charge in [0.15, 0.2) is 0 Å². The highest BCUT2D eigenvalue weighted by Gasteiger charge is 2.28. The van der Waals surface area contributed by atoms with Crippen LogP contribution >= 0.6 is 11.3 Å². The lowest BCUT2D eigenvalue weighted by atomic mass is 10.1. The lowest BCUT2D eigenvalue weighted by Gasteiger charge is -2.26. The Morgan fingerprint density at radius 1 is 1.12 bits per heavy atom. The number of aliphatic hydroxyl groups excluding tert-OH is 1. The molecule has 25 heavy (non-hydrogen) atoms. The summed E-state index contributed by atoms with van der Waals surface area (Å²) in [6.07, 6.45) is 1.89. The first-order valence-corrected chi connectivity index (χ1v) is 9.75. The minimum absolute atomic E-state index is 0.325. The van der Waals surface area contributed by atoms with E-state index < -0.39 is 6.10 Å². The molecule has 1 aromatic heterocycles. The topological polar surface area (TPSA) is 32.7 Å². The van der Waals surface area contributed by atoms with Gasteiger partial charge in [-0.05, 0) is 53.7 Å². The van der Waals surface area contributed by atoms with Crippen LogP contribution in [0.4, 0.5) is 0 Å². The van der Waals surface area contributed by atoms with E-state index >= 15 is 0 Å². The van der Waals surface area contributed by atoms with Crippen LogP contribution in [0.2, 0.25) is 0 Å². The van der Waals surface area contributed by atoms with E-state index in [1.165, 1.54) is 23.1 Å². The molecule has 1 aliphatic rings. The number of hydrogen-bond acceptors (Lipinski definition) is 4. The number of likely N-dealkylation sites (tertiary alicyclic amines) is 1. The van der Waals surface area contributed by atoms with E-state index in [0.717, 1.165) is 17.7 Å². The largest absolute Gasteiger partial charge is 0.491 e. The summed E-state index contributed by atoms with van der Waals surface area (Å²) >= 11 is 1.81. The molecule has 4 rings (SSSR count). The number of ether oxygens (including phenoxy) is 1. The lowest BCUT2D eigenvalue weighted by molar-refractivity contribution is 0.0643. The van der Waals surface area contributed by atoms with Crippen LogP contribution in [0.5, 0.6) is 5.75 Å². The minimum atomic E-state index is -0.480. The molecule has 130 valence electrons. The number of rotatable bonds is 6. The van der Waals surface area contributed by atoms with Crippen molar-refractivity contribution >= 4 is 22.1 Å². The van der Waals surface area contributed by atoms with Crippen molar-refractivity contribution in [3.05, 3.63) is 64.9 Å². The second kappa shape index (κ2) is 7.56. The summed E-state index contributed by atoms with van der Waals surface area (Å²) in [5.41, 5.74) is 0. The maximum Gasteiger partial charge on any atom is 0.120 e. The van der Waals surface area contributed by atoms with E-state index in [9.17, 15) is 5.11 Å². The van der Waals surface area contributed by atoms with Crippen LogP contribution in [0.1, 0.15) is 23.8 Å². The summed E-state index contributed by atoms with van der Waals surface area (Å²) in [6.45, 7) is 2.04. The molecule has 1 saturated heterocycles. The molecule has 0 bridgehead atoms. The van der Waals surface area contributed by atoms with Crippen LogP contribution in [0.15, 0.2) is 60.0 Å². The fourth-order valence-corrected chi connectivity index (χ4v) is 4.52. The molecule has 1 aliphatic heterocycles. The number of fused-ring (bicyclic) bond motifs is 1. The number of benzene rings is 2. The molecule has 2 aromatic carbocycles. The van der Waals surface area contributed by atoms with E-state index in [0.29, 0.717) is 19.2 Å². The van der Waals surface area contributed by atoms with Gasteiger partial charge < -0.3 is 9.84 Å². The summed E-state index contributed by atoms with van der Waals surface area (Å²) in [5, 5.41) is 14.9. The number of thiophene rings is 1. The average Bonchev–Trinajstić information content (AvgIpc) is 3.31. The maximum atomic E-state index is 10.4. The Hall–Kier alpha value is -1.88. The van der Waals surface area contributed by atoms with E-state index in [-0.39, 0.29) is 0 Å². The van der Waals surface area contributed by atoms with Crippen LogP contribution in [-0.2, 0) is 0 Å². The quantitative estimate of drug-likeness (QED) is 0.709. The number of hydrogen-bond donors (Lipinski definition) is 1. The third kappa shape index (κ3) is 3.87. The Kier molecular flexibility index (Phi) is 5.02. The molecule has 0 aliphatic carbocycles. The fraction of sp³-hybridized carbons (Fsp3) is 0.333. The molecule has 2 heterocycles. The van der Waals surface area contributed by atoms with Crippen molar-refractivity contribution in [2.45, 2.75) is 25.0 Å². The van der Waals surface area contributed by atoms with Crippen molar-refractivity contribution in [2.75, 3.05) is 19.7 Å². The third-order valence-electron chi connectivity index (χ3n) is 4.84.